The number of halogens is 3. The second-order valence-electron chi connectivity index (χ2n) is 6.51. The van der Waals surface area contributed by atoms with E-state index >= 15 is 0 Å². The number of aliphatic carboxylic acids is 1. The SMILES string of the molecule is C#CN/C(=C(\SCC)C(=O)N1CCCC[C@H]1C(=O)NC(CC(=O)O)C(=O)CF)C(F)F. The van der Waals surface area contributed by atoms with Crippen LogP contribution in [-0.2, 0) is 19.2 Å². The average molecular weight is 463 g/mol. The number of piperidine rings is 1. The summed E-state index contributed by atoms with van der Waals surface area (Å²) in [5.74, 6) is -3.96. The number of allylic oxidation sites excluding steroid dienone is 1. The third kappa shape index (κ3) is 7.50. The second-order valence-corrected chi connectivity index (χ2v) is 7.79. The maximum absolute atomic E-state index is 13.5. The maximum Gasteiger partial charge on any atom is 0.305 e. The number of amides is 2. The fraction of sp³-hybridized carbons (Fsp3) is 0.579. The Morgan fingerprint density at radius 3 is 2.48 bits per heavy atom. The van der Waals surface area contributed by atoms with Gasteiger partial charge >= 0.3 is 5.97 Å². The Morgan fingerprint density at radius 1 is 1.29 bits per heavy atom. The summed E-state index contributed by atoms with van der Waals surface area (Å²) in [6, 6.07) is -0.877. The first-order valence-corrected chi connectivity index (χ1v) is 10.4. The van der Waals surface area contributed by atoms with Crippen LogP contribution in [0.5, 0.6) is 0 Å². The van der Waals surface area contributed by atoms with Gasteiger partial charge in [-0.05, 0) is 25.0 Å². The van der Waals surface area contributed by atoms with E-state index in [9.17, 15) is 32.3 Å². The zero-order valence-electron chi connectivity index (χ0n) is 16.8. The van der Waals surface area contributed by atoms with Crippen molar-refractivity contribution in [3.05, 3.63) is 10.6 Å². The Kier molecular flexibility index (Phi) is 11.0. The first-order valence-electron chi connectivity index (χ1n) is 9.46. The molecule has 172 valence electrons. The molecule has 0 saturated carbocycles. The highest BCUT2D eigenvalue weighted by atomic mass is 32.2. The summed E-state index contributed by atoms with van der Waals surface area (Å²) in [6.07, 6.45) is 2.37. The summed E-state index contributed by atoms with van der Waals surface area (Å²) in [5, 5.41) is 13.1. The van der Waals surface area contributed by atoms with Crippen LogP contribution in [0.2, 0.25) is 0 Å². The second kappa shape index (κ2) is 12.9. The molecule has 1 rings (SSSR count). The van der Waals surface area contributed by atoms with Crippen LogP contribution in [0.25, 0.3) is 0 Å². The molecule has 1 unspecified atom stereocenters. The number of ketones is 1. The van der Waals surface area contributed by atoms with Crippen LogP contribution in [0.1, 0.15) is 32.6 Å². The zero-order chi connectivity index (χ0) is 23.6. The monoisotopic (exact) mass is 463 g/mol. The van der Waals surface area contributed by atoms with E-state index in [2.05, 4.69) is 5.32 Å². The number of nitrogens with one attached hydrogen (secondary N) is 2. The van der Waals surface area contributed by atoms with Crippen LogP contribution < -0.4 is 10.6 Å². The molecule has 1 saturated heterocycles. The van der Waals surface area contributed by atoms with Gasteiger partial charge in [-0.1, -0.05) is 13.3 Å². The van der Waals surface area contributed by atoms with Crippen molar-refractivity contribution in [2.75, 3.05) is 19.0 Å². The topological polar surface area (TPSA) is 116 Å². The number of carboxylic acids is 1. The Hall–Kier alpha value is -2.68. The first kappa shape index (κ1) is 26.4. The number of nitrogens with zero attached hydrogens (tertiary/aromatic N) is 1. The van der Waals surface area contributed by atoms with E-state index in [1.54, 1.807) is 6.92 Å². The number of carboxylic acid groups (broad SMARTS) is 1. The minimum atomic E-state index is -3.06. The minimum absolute atomic E-state index is 0.0813. The lowest BCUT2D eigenvalue weighted by Crippen LogP contribution is -2.55. The summed E-state index contributed by atoms with van der Waals surface area (Å²) in [5.41, 5.74) is -0.750. The van der Waals surface area contributed by atoms with Gasteiger partial charge in [0.15, 0.2) is 5.78 Å². The molecule has 3 N–H and O–H groups in total. The molecule has 2 atom stereocenters. The van der Waals surface area contributed by atoms with Gasteiger partial charge in [-0.3, -0.25) is 19.2 Å². The largest absolute Gasteiger partial charge is 0.481 e. The van der Waals surface area contributed by atoms with Gasteiger partial charge in [-0.25, -0.2) is 13.2 Å². The van der Waals surface area contributed by atoms with Crippen molar-refractivity contribution in [2.45, 2.75) is 51.1 Å². The lowest BCUT2D eigenvalue weighted by atomic mass is 10.00. The van der Waals surface area contributed by atoms with Crippen molar-refractivity contribution < 1.29 is 37.5 Å². The number of terminal acetylenes is 1. The Balaban J connectivity index is 3.21. The molecule has 0 aromatic carbocycles. The lowest BCUT2D eigenvalue weighted by Gasteiger charge is -2.36. The number of likely N-dealkylation sites (tertiary alicyclic amines) is 1. The van der Waals surface area contributed by atoms with Crippen LogP contribution in [0.4, 0.5) is 13.2 Å². The van der Waals surface area contributed by atoms with Crippen LogP contribution >= 0.6 is 11.8 Å². The van der Waals surface area contributed by atoms with E-state index in [1.807, 2.05) is 11.4 Å². The predicted molar refractivity (Wildman–Crippen MR) is 108 cm³/mol. The molecule has 8 nitrogen and oxygen atoms in total. The predicted octanol–water partition coefficient (Wildman–Crippen LogP) is 1.28. The summed E-state index contributed by atoms with van der Waals surface area (Å²) < 4.78 is 39.7. The number of hydrogen-bond acceptors (Lipinski definition) is 6. The Bertz CT molecular complexity index is 769. The third-order valence-corrected chi connectivity index (χ3v) is 5.41. The van der Waals surface area contributed by atoms with Gasteiger partial charge in [0.2, 0.25) is 5.91 Å². The van der Waals surface area contributed by atoms with Crippen LogP contribution in [-0.4, -0.2) is 71.1 Å². The summed E-state index contributed by atoms with van der Waals surface area (Å²) in [6.45, 7) is 0.259. The molecular weight excluding hydrogens is 439 g/mol. The number of carbonyl (C=O) groups excluding carboxylic acids is 3. The van der Waals surface area contributed by atoms with E-state index in [0.717, 1.165) is 16.7 Å². The molecular formula is C19H24F3N3O5S. The Labute approximate surface area is 182 Å². The molecule has 0 bridgehead atoms. The fourth-order valence-corrected chi connectivity index (χ4v) is 3.87. The standard InChI is InChI=1S/C19H24F3N3O5S/c1-3-23-15(17(21)22)16(31-4-2)19(30)25-8-6-5-7-12(25)18(29)24-11(9-14(27)28)13(26)10-20/h1,11-12,17,23H,4-10H2,2H3,(H,24,29)(H,27,28)/b16-15-/t11?,12-/m0/s1. The van der Waals surface area contributed by atoms with Gasteiger partial charge in [0, 0.05) is 12.6 Å². The van der Waals surface area contributed by atoms with Crippen molar-refractivity contribution in [1.29, 1.82) is 0 Å². The molecule has 2 amide bonds. The Morgan fingerprint density at radius 2 is 1.97 bits per heavy atom. The molecule has 0 spiro atoms. The molecule has 1 fully saturated rings. The highest BCUT2D eigenvalue weighted by Gasteiger charge is 2.37. The molecule has 12 heteroatoms. The van der Waals surface area contributed by atoms with Crippen molar-refractivity contribution in [3.8, 4) is 12.5 Å². The normalized spacial score (nSPS) is 17.9. The summed E-state index contributed by atoms with van der Waals surface area (Å²) >= 11 is 0.836. The molecule has 1 heterocycles. The quantitative estimate of drug-likeness (QED) is 0.240. The van der Waals surface area contributed by atoms with E-state index in [-0.39, 0.29) is 23.6 Å². The number of Topliss-reactive ketones (excluding diaryl/α,β-unsaturated/α-hetero) is 1. The van der Waals surface area contributed by atoms with Crippen LogP contribution in [0.3, 0.4) is 0 Å². The van der Waals surface area contributed by atoms with E-state index in [1.165, 1.54) is 0 Å². The third-order valence-electron chi connectivity index (χ3n) is 4.43. The highest BCUT2D eigenvalue weighted by molar-refractivity contribution is 8.04. The minimum Gasteiger partial charge on any atom is -0.481 e. The summed E-state index contributed by atoms with van der Waals surface area (Å²) in [7, 11) is 0. The van der Waals surface area contributed by atoms with Gasteiger partial charge in [0.25, 0.3) is 12.3 Å². The number of alkyl halides is 3. The number of carbonyl (C=O) groups is 4. The van der Waals surface area contributed by atoms with E-state index in [0.29, 0.717) is 12.8 Å². The molecule has 0 aromatic heterocycles. The van der Waals surface area contributed by atoms with Crippen molar-refractivity contribution in [3.63, 3.8) is 0 Å². The molecule has 1 aliphatic rings. The fourth-order valence-electron chi connectivity index (χ4n) is 3.05. The van der Waals surface area contributed by atoms with Gasteiger partial charge in [-0.2, -0.15) is 0 Å². The zero-order valence-corrected chi connectivity index (χ0v) is 17.6. The average Bonchev–Trinajstić information content (AvgIpc) is 2.74. The summed E-state index contributed by atoms with van der Waals surface area (Å²) in [4.78, 5) is 49.2. The van der Waals surface area contributed by atoms with Gasteiger partial charge in [0.1, 0.15) is 24.5 Å². The van der Waals surface area contributed by atoms with Crippen molar-refractivity contribution >= 4 is 35.3 Å². The number of rotatable bonds is 11. The first-order chi connectivity index (χ1) is 14.7. The van der Waals surface area contributed by atoms with Gasteiger partial charge < -0.3 is 20.6 Å². The van der Waals surface area contributed by atoms with Crippen LogP contribution in [0.15, 0.2) is 10.6 Å². The van der Waals surface area contributed by atoms with E-state index < -0.39 is 60.9 Å². The van der Waals surface area contributed by atoms with Crippen LogP contribution in [0, 0.1) is 12.5 Å². The number of thioether (sulfide) groups is 1. The highest BCUT2D eigenvalue weighted by Crippen LogP contribution is 2.28. The molecule has 0 aromatic rings. The van der Waals surface area contributed by atoms with Crippen molar-refractivity contribution in [2.24, 2.45) is 0 Å². The van der Waals surface area contributed by atoms with Gasteiger partial charge in [0.05, 0.1) is 11.3 Å². The molecule has 1 aliphatic heterocycles. The maximum atomic E-state index is 13.5. The van der Waals surface area contributed by atoms with E-state index in [4.69, 9.17) is 11.5 Å². The smallest absolute Gasteiger partial charge is 0.305 e. The lowest BCUT2D eigenvalue weighted by molar-refractivity contribution is -0.143. The number of hydrogen-bond donors (Lipinski definition) is 3. The molecule has 31 heavy (non-hydrogen) atoms. The molecule has 0 aliphatic carbocycles. The van der Waals surface area contributed by atoms with Crippen molar-refractivity contribution in [1.82, 2.24) is 15.5 Å². The molecule has 0 radical (unpaired) electrons. The van der Waals surface area contributed by atoms with Gasteiger partial charge in [-0.15, -0.1) is 11.8 Å².